The third-order valence-electron chi connectivity index (χ3n) is 4.20. The van der Waals surface area contributed by atoms with E-state index in [1.165, 1.54) is 25.3 Å². The van der Waals surface area contributed by atoms with Gasteiger partial charge in [-0.1, -0.05) is 42.5 Å². The van der Waals surface area contributed by atoms with E-state index < -0.39 is 10.0 Å². The van der Waals surface area contributed by atoms with Gasteiger partial charge in [-0.3, -0.25) is 0 Å². The van der Waals surface area contributed by atoms with Crippen LogP contribution in [0.3, 0.4) is 0 Å². The molecule has 0 atom stereocenters. The van der Waals surface area contributed by atoms with Gasteiger partial charge in [-0.25, -0.2) is 13.1 Å². The summed E-state index contributed by atoms with van der Waals surface area (Å²) in [5.41, 5.74) is 2.04. The van der Waals surface area contributed by atoms with E-state index in [-0.39, 0.29) is 17.0 Å². The predicted octanol–water partition coefficient (Wildman–Crippen LogP) is 3.62. The maximum absolute atomic E-state index is 12.5. The van der Waals surface area contributed by atoms with Crippen LogP contribution < -0.4 is 14.2 Å². The number of hydrogen-bond acceptors (Lipinski definition) is 5. The Labute approximate surface area is 170 Å². The number of rotatable bonds is 8. The Morgan fingerprint density at radius 2 is 1.72 bits per heavy atom. The summed E-state index contributed by atoms with van der Waals surface area (Å²) < 4.78 is 38.7. The van der Waals surface area contributed by atoms with Gasteiger partial charge in [-0.15, -0.1) is 0 Å². The first-order valence-electron chi connectivity index (χ1n) is 8.85. The van der Waals surface area contributed by atoms with Crippen molar-refractivity contribution in [3.63, 3.8) is 0 Å². The molecule has 0 saturated heterocycles. The van der Waals surface area contributed by atoms with Crippen molar-refractivity contribution in [3.8, 4) is 17.6 Å². The lowest BCUT2D eigenvalue weighted by molar-refractivity contribution is 0.284. The Balaban J connectivity index is 1.69. The van der Waals surface area contributed by atoms with Gasteiger partial charge in [0.05, 0.1) is 23.6 Å². The molecule has 3 rings (SSSR count). The van der Waals surface area contributed by atoms with E-state index in [9.17, 15) is 8.42 Å². The predicted molar refractivity (Wildman–Crippen MR) is 109 cm³/mol. The first-order chi connectivity index (χ1) is 14.0. The van der Waals surface area contributed by atoms with Crippen LogP contribution in [0, 0.1) is 11.3 Å². The molecule has 0 aliphatic heterocycles. The maximum Gasteiger partial charge on any atom is 0.240 e. The van der Waals surface area contributed by atoms with Crippen molar-refractivity contribution in [2.75, 3.05) is 7.11 Å². The van der Waals surface area contributed by atoms with Crippen molar-refractivity contribution in [1.29, 1.82) is 5.26 Å². The summed E-state index contributed by atoms with van der Waals surface area (Å²) in [6.45, 7) is 0.479. The summed E-state index contributed by atoms with van der Waals surface area (Å²) in [4.78, 5) is 0.0475. The Bertz CT molecular complexity index is 1120. The van der Waals surface area contributed by atoms with Gasteiger partial charge in [0.15, 0.2) is 11.5 Å². The van der Waals surface area contributed by atoms with Crippen molar-refractivity contribution in [1.82, 2.24) is 4.72 Å². The van der Waals surface area contributed by atoms with E-state index in [1.54, 1.807) is 24.3 Å². The lowest BCUT2D eigenvalue weighted by atomic mass is 10.2. The second-order valence-corrected chi connectivity index (χ2v) is 7.99. The minimum atomic E-state index is -3.74. The summed E-state index contributed by atoms with van der Waals surface area (Å²) in [6.07, 6.45) is 0. The van der Waals surface area contributed by atoms with Crippen molar-refractivity contribution in [2.24, 2.45) is 0 Å². The molecule has 0 aromatic heterocycles. The first kappa shape index (κ1) is 20.4. The lowest BCUT2D eigenvalue weighted by Gasteiger charge is -2.13. The van der Waals surface area contributed by atoms with Gasteiger partial charge in [-0.05, 0) is 41.5 Å². The van der Waals surface area contributed by atoms with Crippen molar-refractivity contribution >= 4 is 10.0 Å². The molecule has 7 heteroatoms. The molecule has 0 heterocycles. The smallest absolute Gasteiger partial charge is 0.240 e. The standard InChI is InChI=1S/C22H20N2O4S/c1-27-22-13-19(10-11-21(22)28-16-17-6-3-2-4-7-17)15-24-29(25,26)20-9-5-8-18(12-20)14-23/h2-13,24H,15-16H2,1H3. The van der Waals surface area contributed by atoms with Crippen LogP contribution in [-0.2, 0) is 23.2 Å². The van der Waals surface area contributed by atoms with Crippen molar-refractivity contribution < 1.29 is 17.9 Å². The van der Waals surface area contributed by atoms with Gasteiger partial charge in [0, 0.05) is 6.54 Å². The van der Waals surface area contributed by atoms with E-state index >= 15 is 0 Å². The Morgan fingerprint density at radius 1 is 0.931 bits per heavy atom. The zero-order chi connectivity index (χ0) is 20.7. The van der Waals surface area contributed by atoms with E-state index in [1.807, 2.05) is 36.4 Å². The molecule has 29 heavy (non-hydrogen) atoms. The number of nitrogens with zero attached hydrogens (tertiary/aromatic N) is 1. The molecule has 6 nitrogen and oxygen atoms in total. The van der Waals surface area contributed by atoms with E-state index in [2.05, 4.69) is 4.72 Å². The topological polar surface area (TPSA) is 88.4 Å². The van der Waals surface area contributed by atoms with Crippen LogP contribution >= 0.6 is 0 Å². The minimum Gasteiger partial charge on any atom is -0.493 e. The fraction of sp³-hybridized carbons (Fsp3) is 0.136. The second-order valence-electron chi connectivity index (χ2n) is 6.22. The minimum absolute atomic E-state index is 0.0475. The third-order valence-corrected chi connectivity index (χ3v) is 5.60. The Hall–Kier alpha value is -3.34. The van der Waals surface area contributed by atoms with Crippen LogP contribution in [0.25, 0.3) is 0 Å². The van der Waals surface area contributed by atoms with Gasteiger partial charge in [0.1, 0.15) is 6.61 Å². The molecule has 0 unspecified atom stereocenters. The number of sulfonamides is 1. The molecule has 0 aliphatic carbocycles. The molecule has 0 bridgehead atoms. The number of benzene rings is 3. The molecule has 148 valence electrons. The Morgan fingerprint density at radius 3 is 2.45 bits per heavy atom. The first-order valence-corrected chi connectivity index (χ1v) is 10.3. The summed E-state index contributed by atoms with van der Waals surface area (Å²) in [5.74, 6) is 1.09. The molecule has 1 N–H and O–H groups in total. The van der Waals surface area contributed by atoms with E-state index in [4.69, 9.17) is 14.7 Å². The van der Waals surface area contributed by atoms with Crippen molar-refractivity contribution in [3.05, 3.63) is 89.5 Å². The molecule has 0 radical (unpaired) electrons. The van der Waals surface area contributed by atoms with Crippen LogP contribution in [0.5, 0.6) is 11.5 Å². The van der Waals surface area contributed by atoms with Crippen LogP contribution in [0.15, 0.2) is 77.7 Å². The highest BCUT2D eigenvalue weighted by molar-refractivity contribution is 7.89. The summed E-state index contributed by atoms with van der Waals surface area (Å²) >= 11 is 0. The van der Waals surface area contributed by atoms with Gasteiger partial charge >= 0.3 is 0 Å². The van der Waals surface area contributed by atoms with Crippen molar-refractivity contribution in [2.45, 2.75) is 18.0 Å². The van der Waals surface area contributed by atoms with Gasteiger partial charge in [0.25, 0.3) is 0 Å². The van der Waals surface area contributed by atoms with Crippen LogP contribution in [0.4, 0.5) is 0 Å². The van der Waals surface area contributed by atoms with Gasteiger partial charge in [-0.2, -0.15) is 5.26 Å². The number of methoxy groups -OCH3 is 1. The molecule has 0 saturated carbocycles. The molecule has 0 spiro atoms. The molecule has 3 aromatic carbocycles. The molecular formula is C22H20N2O4S. The fourth-order valence-corrected chi connectivity index (χ4v) is 3.73. The maximum atomic E-state index is 12.5. The van der Waals surface area contributed by atoms with Crippen LogP contribution in [0.1, 0.15) is 16.7 Å². The molecular weight excluding hydrogens is 388 g/mol. The molecule has 0 amide bonds. The quantitative estimate of drug-likeness (QED) is 0.615. The highest BCUT2D eigenvalue weighted by atomic mass is 32.2. The number of nitriles is 1. The number of ether oxygens (including phenoxy) is 2. The third kappa shape index (κ3) is 5.35. The number of hydrogen-bond donors (Lipinski definition) is 1. The molecule has 0 aliphatic rings. The SMILES string of the molecule is COc1cc(CNS(=O)(=O)c2cccc(C#N)c2)ccc1OCc1ccccc1. The number of nitrogens with one attached hydrogen (secondary N) is 1. The zero-order valence-corrected chi connectivity index (χ0v) is 16.6. The largest absolute Gasteiger partial charge is 0.493 e. The highest BCUT2D eigenvalue weighted by Crippen LogP contribution is 2.29. The summed E-state index contributed by atoms with van der Waals surface area (Å²) in [6, 6.07) is 22.8. The normalized spacial score (nSPS) is 10.9. The van der Waals surface area contributed by atoms with Gasteiger partial charge in [0.2, 0.25) is 10.0 Å². The zero-order valence-electron chi connectivity index (χ0n) is 15.8. The lowest BCUT2D eigenvalue weighted by Crippen LogP contribution is -2.23. The molecule has 3 aromatic rings. The van der Waals surface area contributed by atoms with E-state index in [0.29, 0.717) is 23.7 Å². The van der Waals surface area contributed by atoms with Crippen LogP contribution in [-0.4, -0.2) is 15.5 Å². The average Bonchev–Trinajstić information content (AvgIpc) is 2.77. The highest BCUT2D eigenvalue weighted by Gasteiger charge is 2.15. The monoisotopic (exact) mass is 408 g/mol. The summed E-state index contributed by atoms with van der Waals surface area (Å²) in [5, 5.41) is 8.94. The van der Waals surface area contributed by atoms with E-state index in [0.717, 1.165) is 5.56 Å². The Kier molecular flexibility index (Phi) is 6.50. The molecule has 0 fully saturated rings. The second kappa shape index (κ2) is 9.24. The average molecular weight is 408 g/mol. The van der Waals surface area contributed by atoms with Crippen LogP contribution in [0.2, 0.25) is 0 Å². The van der Waals surface area contributed by atoms with Gasteiger partial charge < -0.3 is 9.47 Å². The fourth-order valence-electron chi connectivity index (χ4n) is 2.67. The summed E-state index contributed by atoms with van der Waals surface area (Å²) in [7, 11) is -2.21.